The van der Waals surface area contributed by atoms with Crippen LogP contribution in [-0.4, -0.2) is 6.61 Å². The molecule has 100 valence electrons. The van der Waals surface area contributed by atoms with Gasteiger partial charge in [0, 0.05) is 9.79 Å². The molecule has 0 spiro atoms. The van der Waals surface area contributed by atoms with Crippen molar-refractivity contribution in [3.05, 3.63) is 47.5 Å². The maximum absolute atomic E-state index is 6.16. The molecule has 0 atom stereocenters. The van der Waals surface area contributed by atoms with Crippen LogP contribution in [0, 0.1) is 13.8 Å². The van der Waals surface area contributed by atoms with Gasteiger partial charge in [-0.3, -0.25) is 0 Å². The van der Waals surface area contributed by atoms with Crippen LogP contribution >= 0.6 is 11.8 Å². The van der Waals surface area contributed by atoms with Crippen LogP contribution in [0.2, 0.25) is 0 Å². The van der Waals surface area contributed by atoms with Gasteiger partial charge in [-0.1, -0.05) is 30.0 Å². The number of nitrogen functional groups attached to an aromatic ring is 1. The minimum atomic E-state index is 0.627. The molecule has 0 radical (unpaired) electrons. The quantitative estimate of drug-likeness (QED) is 0.837. The van der Waals surface area contributed by atoms with Crippen molar-refractivity contribution in [1.29, 1.82) is 0 Å². The highest BCUT2D eigenvalue weighted by atomic mass is 32.2. The van der Waals surface area contributed by atoms with Gasteiger partial charge in [0.2, 0.25) is 0 Å². The monoisotopic (exact) mass is 273 g/mol. The van der Waals surface area contributed by atoms with Gasteiger partial charge in [0.15, 0.2) is 0 Å². The van der Waals surface area contributed by atoms with E-state index in [2.05, 4.69) is 32.0 Å². The summed E-state index contributed by atoms with van der Waals surface area (Å²) in [6, 6.07) is 12.4. The van der Waals surface area contributed by atoms with Gasteiger partial charge in [0.1, 0.15) is 5.75 Å². The SMILES string of the molecule is CCOc1cccc(Sc2cc(C)ccc2C)c1N. The summed E-state index contributed by atoms with van der Waals surface area (Å²) in [5, 5.41) is 0. The first-order valence-corrected chi connectivity index (χ1v) is 7.20. The first-order valence-electron chi connectivity index (χ1n) is 6.38. The molecular formula is C16H19NOS. The minimum Gasteiger partial charge on any atom is -0.492 e. The van der Waals surface area contributed by atoms with Gasteiger partial charge in [-0.25, -0.2) is 0 Å². The van der Waals surface area contributed by atoms with Gasteiger partial charge < -0.3 is 10.5 Å². The lowest BCUT2D eigenvalue weighted by Gasteiger charge is -2.12. The Labute approximate surface area is 119 Å². The van der Waals surface area contributed by atoms with E-state index < -0.39 is 0 Å². The van der Waals surface area contributed by atoms with Crippen LogP contribution in [0.3, 0.4) is 0 Å². The van der Waals surface area contributed by atoms with Gasteiger partial charge in [-0.15, -0.1) is 0 Å². The molecular weight excluding hydrogens is 254 g/mol. The summed E-state index contributed by atoms with van der Waals surface area (Å²) in [6.07, 6.45) is 0. The molecule has 0 bridgehead atoms. The Bertz CT molecular complexity index is 581. The largest absolute Gasteiger partial charge is 0.492 e. The molecule has 0 unspecified atom stereocenters. The summed E-state index contributed by atoms with van der Waals surface area (Å²) in [7, 11) is 0. The zero-order valence-electron chi connectivity index (χ0n) is 11.6. The molecule has 0 saturated heterocycles. The summed E-state index contributed by atoms with van der Waals surface area (Å²) in [6.45, 7) is 6.81. The van der Waals surface area contributed by atoms with E-state index in [-0.39, 0.29) is 0 Å². The van der Waals surface area contributed by atoms with E-state index in [0.29, 0.717) is 6.61 Å². The fourth-order valence-electron chi connectivity index (χ4n) is 1.83. The molecule has 0 aliphatic carbocycles. The molecule has 0 fully saturated rings. The minimum absolute atomic E-state index is 0.627. The van der Waals surface area contributed by atoms with Crippen molar-refractivity contribution in [2.75, 3.05) is 12.3 Å². The smallest absolute Gasteiger partial charge is 0.143 e. The molecule has 0 aliphatic rings. The first kappa shape index (κ1) is 13.8. The second-order valence-corrected chi connectivity index (χ2v) is 5.56. The Hall–Kier alpha value is -1.61. The van der Waals surface area contributed by atoms with Crippen molar-refractivity contribution < 1.29 is 4.74 Å². The summed E-state index contributed by atoms with van der Waals surface area (Å²) >= 11 is 1.69. The Kier molecular flexibility index (Phi) is 4.38. The highest BCUT2D eigenvalue weighted by molar-refractivity contribution is 7.99. The molecule has 19 heavy (non-hydrogen) atoms. The van der Waals surface area contributed by atoms with E-state index >= 15 is 0 Å². The zero-order chi connectivity index (χ0) is 13.8. The Morgan fingerprint density at radius 2 is 1.89 bits per heavy atom. The number of para-hydroxylation sites is 1. The van der Waals surface area contributed by atoms with E-state index in [0.717, 1.165) is 16.3 Å². The maximum atomic E-state index is 6.16. The van der Waals surface area contributed by atoms with Gasteiger partial charge in [-0.2, -0.15) is 0 Å². The molecule has 3 heteroatoms. The van der Waals surface area contributed by atoms with Crippen molar-refractivity contribution in [3.63, 3.8) is 0 Å². The second kappa shape index (κ2) is 6.02. The number of ether oxygens (including phenoxy) is 1. The topological polar surface area (TPSA) is 35.2 Å². The third-order valence-electron chi connectivity index (χ3n) is 2.89. The molecule has 2 N–H and O–H groups in total. The van der Waals surface area contributed by atoms with Crippen molar-refractivity contribution >= 4 is 17.4 Å². The predicted octanol–water partition coefficient (Wildman–Crippen LogP) is 4.44. The number of benzene rings is 2. The number of hydrogen-bond acceptors (Lipinski definition) is 3. The molecule has 0 amide bonds. The molecule has 2 aromatic rings. The number of hydrogen-bond donors (Lipinski definition) is 1. The van der Waals surface area contributed by atoms with Crippen molar-refractivity contribution in [2.45, 2.75) is 30.6 Å². The Morgan fingerprint density at radius 1 is 1.11 bits per heavy atom. The lowest BCUT2D eigenvalue weighted by molar-refractivity contribution is 0.341. The fraction of sp³-hybridized carbons (Fsp3) is 0.250. The van der Waals surface area contributed by atoms with Crippen LogP contribution in [0.15, 0.2) is 46.2 Å². The summed E-state index contributed by atoms with van der Waals surface area (Å²) in [4.78, 5) is 2.28. The maximum Gasteiger partial charge on any atom is 0.143 e. The molecule has 0 saturated carbocycles. The van der Waals surface area contributed by atoms with Crippen LogP contribution in [0.25, 0.3) is 0 Å². The Morgan fingerprint density at radius 3 is 2.63 bits per heavy atom. The number of aryl methyl sites for hydroxylation is 2. The van der Waals surface area contributed by atoms with E-state index in [9.17, 15) is 0 Å². The molecule has 2 aromatic carbocycles. The average Bonchev–Trinajstić information content (AvgIpc) is 2.39. The van der Waals surface area contributed by atoms with Gasteiger partial charge >= 0.3 is 0 Å². The average molecular weight is 273 g/mol. The van der Waals surface area contributed by atoms with Crippen molar-refractivity contribution in [2.24, 2.45) is 0 Å². The molecule has 0 aromatic heterocycles. The number of anilines is 1. The third-order valence-corrected chi connectivity index (χ3v) is 4.13. The molecule has 2 nitrogen and oxygen atoms in total. The standard InChI is InChI=1S/C16H19NOS/c1-4-18-13-6-5-7-14(16(13)17)19-15-10-11(2)8-9-12(15)3/h5-10H,4,17H2,1-3H3. The van der Waals surface area contributed by atoms with Crippen LogP contribution < -0.4 is 10.5 Å². The third kappa shape index (κ3) is 3.24. The lowest BCUT2D eigenvalue weighted by atomic mass is 10.2. The first-order chi connectivity index (χ1) is 9.11. The van der Waals surface area contributed by atoms with Crippen molar-refractivity contribution in [3.8, 4) is 5.75 Å². The van der Waals surface area contributed by atoms with Crippen LogP contribution in [0.4, 0.5) is 5.69 Å². The van der Waals surface area contributed by atoms with Crippen LogP contribution in [-0.2, 0) is 0 Å². The summed E-state index contributed by atoms with van der Waals surface area (Å²) in [5.41, 5.74) is 9.40. The Balaban J connectivity index is 2.33. The molecule has 0 aliphatic heterocycles. The number of rotatable bonds is 4. The highest BCUT2D eigenvalue weighted by Crippen LogP contribution is 2.38. The van der Waals surface area contributed by atoms with E-state index in [1.807, 2.05) is 25.1 Å². The normalized spacial score (nSPS) is 10.5. The molecule has 0 heterocycles. The highest BCUT2D eigenvalue weighted by Gasteiger charge is 2.08. The summed E-state index contributed by atoms with van der Waals surface area (Å²) in [5.74, 6) is 0.762. The van der Waals surface area contributed by atoms with E-state index in [4.69, 9.17) is 10.5 Å². The van der Waals surface area contributed by atoms with Crippen molar-refractivity contribution in [1.82, 2.24) is 0 Å². The van der Waals surface area contributed by atoms with Gasteiger partial charge in [0.05, 0.1) is 12.3 Å². The lowest BCUT2D eigenvalue weighted by Crippen LogP contribution is -1.98. The molecule has 2 rings (SSSR count). The van der Waals surface area contributed by atoms with E-state index in [1.165, 1.54) is 16.0 Å². The zero-order valence-corrected chi connectivity index (χ0v) is 12.4. The second-order valence-electron chi connectivity index (χ2n) is 4.47. The van der Waals surface area contributed by atoms with Crippen LogP contribution in [0.5, 0.6) is 5.75 Å². The van der Waals surface area contributed by atoms with Gasteiger partial charge in [0.25, 0.3) is 0 Å². The number of nitrogens with two attached hydrogens (primary N) is 1. The fourth-order valence-corrected chi connectivity index (χ4v) is 2.90. The predicted molar refractivity (Wildman–Crippen MR) is 82.1 cm³/mol. The van der Waals surface area contributed by atoms with Gasteiger partial charge in [-0.05, 0) is 50.1 Å². The van der Waals surface area contributed by atoms with E-state index in [1.54, 1.807) is 11.8 Å². The van der Waals surface area contributed by atoms with Crippen LogP contribution in [0.1, 0.15) is 18.1 Å². The summed E-state index contributed by atoms with van der Waals surface area (Å²) < 4.78 is 5.53.